The van der Waals surface area contributed by atoms with Gasteiger partial charge in [-0.25, -0.2) is 15.1 Å². The van der Waals surface area contributed by atoms with Gasteiger partial charge >= 0.3 is 0 Å². The molecule has 0 saturated carbocycles. The summed E-state index contributed by atoms with van der Waals surface area (Å²) in [6.07, 6.45) is 7.76. The van der Waals surface area contributed by atoms with Gasteiger partial charge in [0.05, 0.1) is 16.3 Å². The van der Waals surface area contributed by atoms with Gasteiger partial charge in [0.15, 0.2) is 0 Å². The van der Waals surface area contributed by atoms with E-state index >= 15 is 0 Å². The summed E-state index contributed by atoms with van der Waals surface area (Å²) in [4.78, 5) is 18.4. The molecule has 26 heavy (non-hydrogen) atoms. The molecule has 1 amide bonds. The molecule has 3 aromatic rings. The summed E-state index contributed by atoms with van der Waals surface area (Å²) >= 11 is 1.59. The molecule has 6 nitrogen and oxygen atoms in total. The van der Waals surface area contributed by atoms with Gasteiger partial charge in [0.2, 0.25) is 0 Å². The molecular weight excluding hydrogens is 346 g/mol. The Hall–Kier alpha value is -2.80. The van der Waals surface area contributed by atoms with E-state index in [1.54, 1.807) is 22.3 Å². The zero-order chi connectivity index (χ0) is 17.9. The van der Waals surface area contributed by atoms with Gasteiger partial charge in [0.1, 0.15) is 12.7 Å². The van der Waals surface area contributed by atoms with Gasteiger partial charge < -0.3 is 0 Å². The molecule has 0 fully saturated rings. The van der Waals surface area contributed by atoms with Gasteiger partial charge in [-0.15, -0.1) is 11.3 Å². The molecule has 2 aromatic heterocycles. The van der Waals surface area contributed by atoms with Crippen molar-refractivity contribution in [1.29, 1.82) is 0 Å². The monoisotopic (exact) mass is 365 g/mol. The van der Waals surface area contributed by atoms with Crippen molar-refractivity contribution in [3.05, 3.63) is 63.9 Å². The highest BCUT2D eigenvalue weighted by Crippen LogP contribution is 2.29. The van der Waals surface area contributed by atoms with E-state index in [1.807, 2.05) is 37.3 Å². The molecule has 0 spiro atoms. The Bertz CT molecular complexity index is 917. The maximum Gasteiger partial charge on any atom is 0.281 e. The second kappa shape index (κ2) is 7.21. The standard InChI is InChI=1S/C19H19N5OS/c1-13(14-6-8-16(9-7-14)24-12-20-11-21-24)22-23-19(25)18-10-15-4-2-3-5-17(15)26-18/h6-12H,2-5H2,1H3,(H,23,25)/b22-13+. The number of carbonyl (C=O) groups excluding carboxylic acids is 1. The number of aromatic nitrogens is 3. The first-order valence-corrected chi connectivity index (χ1v) is 9.44. The quantitative estimate of drug-likeness (QED) is 0.569. The third kappa shape index (κ3) is 3.43. The van der Waals surface area contributed by atoms with Crippen LogP contribution in [0.15, 0.2) is 48.1 Å². The molecule has 1 aromatic carbocycles. The van der Waals surface area contributed by atoms with Crippen LogP contribution in [0.3, 0.4) is 0 Å². The number of amides is 1. The van der Waals surface area contributed by atoms with E-state index in [-0.39, 0.29) is 5.91 Å². The van der Waals surface area contributed by atoms with Crippen LogP contribution in [0.2, 0.25) is 0 Å². The number of hydrogen-bond donors (Lipinski definition) is 1. The lowest BCUT2D eigenvalue weighted by atomic mass is 9.99. The maximum absolute atomic E-state index is 12.4. The number of nitrogens with zero attached hydrogens (tertiary/aromatic N) is 4. The van der Waals surface area contributed by atoms with Gasteiger partial charge in [-0.1, -0.05) is 12.1 Å². The van der Waals surface area contributed by atoms with Crippen molar-refractivity contribution in [2.45, 2.75) is 32.6 Å². The summed E-state index contributed by atoms with van der Waals surface area (Å²) in [5.74, 6) is -0.136. The highest BCUT2D eigenvalue weighted by atomic mass is 32.1. The summed E-state index contributed by atoms with van der Waals surface area (Å²) < 4.78 is 1.69. The lowest BCUT2D eigenvalue weighted by molar-refractivity contribution is 0.0959. The molecule has 132 valence electrons. The number of rotatable bonds is 4. The molecule has 0 saturated heterocycles. The predicted molar refractivity (Wildman–Crippen MR) is 102 cm³/mol. The lowest BCUT2D eigenvalue weighted by Gasteiger charge is -2.08. The molecule has 0 atom stereocenters. The molecule has 0 unspecified atom stereocenters. The Morgan fingerprint density at radius 3 is 2.77 bits per heavy atom. The van der Waals surface area contributed by atoms with E-state index in [0.717, 1.165) is 34.7 Å². The van der Waals surface area contributed by atoms with E-state index in [1.165, 1.54) is 29.6 Å². The first-order chi connectivity index (χ1) is 12.7. The van der Waals surface area contributed by atoms with Crippen LogP contribution in [0.25, 0.3) is 5.69 Å². The van der Waals surface area contributed by atoms with Gasteiger partial charge in [-0.3, -0.25) is 4.79 Å². The molecule has 2 heterocycles. The Kier molecular flexibility index (Phi) is 4.62. The van der Waals surface area contributed by atoms with E-state index < -0.39 is 0 Å². The number of benzene rings is 1. The van der Waals surface area contributed by atoms with Crippen molar-refractivity contribution in [3.63, 3.8) is 0 Å². The maximum atomic E-state index is 12.4. The van der Waals surface area contributed by atoms with Crippen molar-refractivity contribution < 1.29 is 4.79 Å². The van der Waals surface area contributed by atoms with Crippen molar-refractivity contribution in [1.82, 2.24) is 20.2 Å². The molecule has 1 aliphatic carbocycles. The van der Waals surface area contributed by atoms with Crippen LogP contribution in [0.5, 0.6) is 0 Å². The fourth-order valence-corrected chi connectivity index (χ4v) is 4.20. The first kappa shape index (κ1) is 16.7. The van der Waals surface area contributed by atoms with Crippen molar-refractivity contribution in [2.75, 3.05) is 0 Å². The second-order valence-electron chi connectivity index (χ2n) is 6.29. The molecule has 1 N–H and O–H groups in total. The largest absolute Gasteiger partial charge is 0.281 e. The fraction of sp³-hybridized carbons (Fsp3) is 0.263. The summed E-state index contributed by atoms with van der Waals surface area (Å²) in [6, 6.07) is 9.81. The topological polar surface area (TPSA) is 72.2 Å². The molecule has 7 heteroatoms. The van der Waals surface area contributed by atoms with Gasteiger partial charge in [0.25, 0.3) is 5.91 Å². The number of aryl methyl sites for hydroxylation is 2. The Morgan fingerprint density at radius 2 is 2.04 bits per heavy atom. The number of fused-ring (bicyclic) bond motifs is 1. The average Bonchev–Trinajstić information content (AvgIpc) is 3.35. The molecule has 0 radical (unpaired) electrons. The van der Waals surface area contributed by atoms with Crippen LogP contribution in [0.4, 0.5) is 0 Å². The van der Waals surface area contributed by atoms with E-state index in [9.17, 15) is 4.79 Å². The summed E-state index contributed by atoms with van der Waals surface area (Å²) in [7, 11) is 0. The number of hydrogen-bond acceptors (Lipinski definition) is 5. The van der Waals surface area contributed by atoms with Crippen LogP contribution >= 0.6 is 11.3 Å². The van der Waals surface area contributed by atoms with Crippen LogP contribution in [0, 0.1) is 0 Å². The number of carbonyl (C=O) groups is 1. The van der Waals surface area contributed by atoms with Crippen LogP contribution < -0.4 is 5.43 Å². The van der Waals surface area contributed by atoms with Gasteiger partial charge in [-0.2, -0.15) is 10.2 Å². The van der Waals surface area contributed by atoms with Crippen LogP contribution in [-0.2, 0) is 12.8 Å². The highest BCUT2D eigenvalue weighted by Gasteiger charge is 2.17. The van der Waals surface area contributed by atoms with Crippen molar-refractivity contribution in [2.24, 2.45) is 5.10 Å². The molecular formula is C19H19N5OS. The number of nitrogens with one attached hydrogen (secondary N) is 1. The Balaban J connectivity index is 1.44. The SMILES string of the molecule is C/C(=N\NC(=O)c1cc2c(s1)CCCC2)c1ccc(-n2cncn2)cc1. The van der Waals surface area contributed by atoms with Crippen LogP contribution in [-0.4, -0.2) is 26.4 Å². The molecule has 4 rings (SSSR count). The minimum Gasteiger partial charge on any atom is -0.266 e. The second-order valence-corrected chi connectivity index (χ2v) is 7.43. The smallest absolute Gasteiger partial charge is 0.266 e. The third-order valence-electron chi connectivity index (χ3n) is 4.51. The molecule has 1 aliphatic rings. The summed E-state index contributed by atoms with van der Waals surface area (Å²) in [5.41, 5.74) is 6.63. The van der Waals surface area contributed by atoms with Crippen LogP contribution in [0.1, 0.15) is 45.4 Å². The van der Waals surface area contributed by atoms with Gasteiger partial charge in [0, 0.05) is 4.88 Å². The highest BCUT2D eigenvalue weighted by molar-refractivity contribution is 7.14. The van der Waals surface area contributed by atoms with E-state index in [2.05, 4.69) is 20.6 Å². The normalized spacial score (nSPS) is 14.1. The third-order valence-corrected chi connectivity index (χ3v) is 5.75. The zero-order valence-corrected chi connectivity index (χ0v) is 15.3. The summed E-state index contributed by atoms with van der Waals surface area (Å²) in [6.45, 7) is 1.88. The Morgan fingerprint density at radius 1 is 1.23 bits per heavy atom. The van der Waals surface area contributed by atoms with Crippen molar-refractivity contribution >= 4 is 23.0 Å². The minimum atomic E-state index is -0.136. The summed E-state index contributed by atoms with van der Waals surface area (Å²) in [5, 5.41) is 8.36. The molecule has 0 aliphatic heterocycles. The van der Waals surface area contributed by atoms with E-state index in [4.69, 9.17) is 0 Å². The fourth-order valence-electron chi connectivity index (χ4n) is 3.05. The zero-order valence-electron chi connectivity index (χ0n) is 14.5. The average molecular weight is 365 g/mol. The predicted octanol–water partition coefficient (Wildman–Crippen LogP) is 3.36. The number of thiophene rings is 1. The number of hydrazone groups is 1. The Labute approximate surface area is 155 Å². The van der Waals surface area contributed by atoms with E-state index in [0.29, 0.717) is 0 Å². The first-order valence-electron chi connectivity index (χ1n) is 8.62. The molecule has 0 bridgehead atoms. The minimum absolute atomic E-state index is 0.136. The lowest BCUT2D eigenvalue weighted by Crippen LogP contribution is -2.18. The van der Waals surface area contributed by atoms with Gasteiger partial charge in [-0.05, 0) is 61.9 Å². The van der Waals surface area contributed by atoms with Crippen molar-refractivity contribution in [3.8, 4) is 5.69 Å².